The molecule has 0 aliphatic carbocycles. The van der Waals surface area contributed by atoms with Crippen molar-refractivity contribution in [3.05, 3.63) is 34.3 Å². The zero-order chi connectivity index (χ0) is 15.9. The Labute approximate surface area is 151 Å². The van der Waals surface area contributed by atoms with Gasteiger partial charge in [-0.3, -0.25) is 9.59 Å². The number of likely N-dealkylation sites (tertiary alicyclic amines) is 1. The smallest absolute Gasteiger partial charge is 0.254 e. The van der Waals surface area contributed by atoms with Crippen molar-refractivity contribution in [2.75, 3.05) is 19.6 Å². The van der Waals surface area contributed by atoms with Gasteiger partial charge in [0.05, 0.1) is 0 Å². The van der Waals surface area contributed by atoms with E-state index in [0.717, 1.165) is 30.2 Å². The van der Waals surface area contributed by atoms with Gasteiger partial charge >= 0.3 is 0 Å². The van der Waals surface area contributed by atoms with Crippen LogP contribution in [0.15, 0.2) is 28.7 Å². The highest BCUT2D eigenvalue weighted by molar-refractivity contribution is 9.10. The molecule has 23 heavy (non-hydrogen) atoms. The molecule has 2 rings (SSSR count). The number of benzene rings is 1. The van der Waals surface area contributed by atoms with Gasteiger partial charge in [-0.15, -0.1) is 12.4 Å². The van der Waals surface area contributed by atoms with Crippen molar-refractivity contribution in [3.8, 4) is 0 Å². The average Bonchev–Trinajstić information content (AvgIpc) is 3.01. The first-order valence-corrected chi connectivity index (χ1v) is 8.47. The SMILES string of the molecule is Cl.NCCCCNC(=O)C1CCCN1C(=O)c1ccc(Br)cc1. The number of nitrogens with one attached hydrogen (secondary N) is 1. The molecule has 1 aromatic rings. The number of halogens is 2. The van der Waals surface area contributed by atoms with Gasteiger partial charge in [0.25, 0.3) is 5.91 Å². The van der Waals surface area contributed by atoms with Crippen molar-refractivity contribution in [3.63, 3.8) is 0 Å². The molecule has 0 radical (unpaired) electrons. The van der Waals surface area contributed by atoms with Crippen LogP contribution in [0.25, 0.3) is 0 Å². The number of carbonyl (C=O) groups excluding carboxylic acids is 2. The van der Waals surface area contributed by atoms with Crippen molar-refractivity contribution in [1.82, 2.24) is 10.2 Å². The Kier molecular flexibility index (Phi) is 8.58. The van der Waals surface area contributed by atoms with Crippen molar-refractivity contribution in [2.24, 2.45) is 5.73 Å². The molecule has 3 N–H and O–H groups in total. The summed E-state index contributed by atoms with van der Waals surface area (Å²) < 4.78 is 0.930. The summed E-state index contributed by atoms with van der Waals surface area (Å²) in [6.07, 6.45) is 3.36. The van der Waals surface area contributed by atoms with Gasteiger partial charge in [0.1, 0.15) is 6.04 Å². The number of carbonyl (C=O) groups is 2. The molecule has 1 aliphatic heterocycles. The van der Waals surface area contributed by atoms with Crippen LogP contribution in [0.2, 0.25) is 0 Å². The van der Waals surface area contributed by atoms with Crippen LogP contribution >= 0.6 is 28.3 Å². The third-order valence-corrected chi connectivity index (χ3v) is 4.37. The molecule has 1 aliphatic rings. The number of hydrogen-bond acceptors (Lipinski definition) is 3. The fraction of sp³-hybridized carbons (Fsp3) is 0.500. The number of nitrogens with two attached hydrogens (primary N) is 1. The predicted molar refractivity (Wildman–Crippen MR) is 96.7 cm³/mol. The van der Waals surface area contributed by atoms with E-state index >= 15 is 0 Å². The van der Waals surface area contributed by atoms with Crippen LogP contribution in [0.4, 0.5) is 0 Å². The van der Waals surface area contributed by atoms with Crippen molar-refractivity contribution in [2.45, 2.75) is 31.7 Å². The third kappa shape index (κ3) is 5.48. The average molecular weight is 405 g/mol. The molecule has 7 heteroatoms. The van der Waals surface area contributed by atoms with Crippen LogP contribution in [0.5, 0.6) is 0 Å². The van der Waals surface area contributed by atoms with E-state index in [1.807, 2.05) is 12.1 Å². The zero-order valence-electron chi connectivity index (χ0n) is 13.0. The summed E-state index contributed by atoms with van der Waals surface area (Å²) in [6, 6.07) is 6.88. The van der Waals surface area contributed by atoms with Crippen LogP contribution in [-0.2, 0) is 4.79 Å². The van der Waals surface area contributed by atoms with Gasteiger partial charge in [-0.05, 0) is 56.5 Å². The molecule has 0 bridgehead atoms. The molecule has 1 fully saturated rings. The molecule has 0 aromatic heterocycles. The lowest BCUT2D eigenvalue weighted by Gasteiger charge is -2.24. The molecule has 128 valence electrons. The van der Waals surface area contributed by atoms with Crippen LogP contribution in [-0.4, -0.2) is 42.4 Å². The van der Waals surface area contributed by atoms with Crippen LogP contribution in [0, 0.1) is 0 Å². The van der Waals surface area contributed by atoms with Gasteiger partial charge in [-0.1, -0.05) is 15.9 Å². The first kappa shape index (κ1) is 19.9. The Morgan fingerprint density at radius 2 is 1.96 bits per heavy atom. The molecule has 0 spiro atoms. The lowest BCUT2D eigenvalue weighted by Crippen LogP contribution is -2.46. The van der Waals surface area contributed by atoms with Gasteiger partial charge < -0.3 is 16.0 Å². The van der Waals surface area contributed by atoms with E-state index in [2.05, 4.69) is 21.2 Å². The van der Waals surface area contributed by atoms with E-state index in [1.165, 1.54) is 0 Å². The van der Waals surface area contributed by atoms with Crippen molar-refractivity contribution >= 4 is 40.2 Å². The van der Waals surface area contributed by atoms with E-state index in [-0.39, 0.29) is 30.3 Å². The normalized spacial score (nSPS) is 16.8. The fourth-order valence-electron chi connectivity index (χ4n) is 2.64. The predicted octanol–water partition coefficient (Wildman–Crippen LogP) is 2.33. The third-order valence-electron chi connectivity index (χ3n) is 3.84. The summed E-state index contributed by atoms with van der Waals surface area (Å²) in [7, 11) is 0. The van der Waals surface area contributed by atoms with Crippen molar-refractivity contribution in [1.29, 1.82) is 0 Å². The van der Waals surface area contributed by atoms with Crippen LogP contribution in [0.1, 0.15) is 36.0 Å². The molecule has 2 amide bonds. The minimum Gasteiger partial charge on any atom is -0.354 e. The second kappa shape index (κ2) is 9.90. The van der Waals surface area contributed by atoms with E-state index in [1.54, 1.807) is 17.0 Å². The molecule has 1 atom stereocenters. The minimum absolute atomic E-state index is 0. The lowest BCUT2D eigenvalue weighted by molar-refractivity contribution is -0.124. The van der Waals surface area contributed by atoms with Gasteiger partial charge in [0.15, 0.2) is 0 Å². The zero-order valence-corrected chi connectivity index (χ0v) is 15.4. The molecule has 1 unspecified atom stereocenters. The van der Waals surface area contributed by atoms with Crippen molar-refractivity contribution < 1.29 is 9.59 Å². The van der Waals surface area contributed by atoms with E-state index in [0.29, 0.717) is 25.2 Å². The second-order valence-corrected chi connectivity index (χ2v) is 6.37. The van der Waals surface area contributed by atoms with E-state index in [9.17, 15) is 9.59 Å². The Morgan fingerprint density at radius 1 is 1.26 bits per heavy atom. The van der Waals surface area contributed by atoms with E-state index in [4.69, 9.17) is 5.73 Å². The molecule has 1 heterocycles. The first-order valence-electron chi connectivity index (χ1n) is 7.68. The monoisotopic (exact) mass is 403 g/mol. The lowest BCUT2D eigenvalue weighted by atomic mass is 10.1. The number of rotatable bonds is 6. The summed E-state index contributed by atoms with van der Waals surface area (Å²) >= 11 is 3.36. The van der Waals surface area contributed by atoms with E-state index < -0.39 is 0 Å². The maximum absolute atomic E-state index is 12.6. The summed E-state index contributed by atoms with van der Waals surface area (Å²) in [6.45, 7) is 1.89. The Morgan fingerprint density at radius 3 is 2.61 bits per heavy atom. The molecular formula is C16H23BrClN3O2. The summed E-state index contributed by atoms with van der Waals surface area (Å²) in [5, 5.41) is 2.91. The minimum atomic E-state index is -0.353. The fourth-order valence-corrected chi connectivity index (χ4v) is 2.90. The van der Waals surface area contributed by atoms with Gasteiger partial charge in [0, 0.05) is 23.1 Å². The Bertz CT molecular complexity index is 525. The second-order valence-electron chi connectivity index (χ2n) is 5.45. The summed E-state index contributed by atoms with van der Waals surface area (Å²) in [4.78, 5) is 26.5. The van der Waals surface area contributed by atoms with Crippen LogP contribution in [0.3, 0.4) is 0 Å². The quantitative estimate of drug-likeness (QED) is 0.715. The maximum Gasteiger partial charge on any atom is 0.254 e. The molecular weight excluding hydrogens is 382 g/mol. The first-order chi connectivity index (χ1) is 10.6. The maximum atomic E-state index is 12.6. The Balaban J connectivity index is 0.00000264. The largest absolute Gasteiger partial charge is 0.354 e. The van der Waals surface area contributed by atoms with Gasteiger partial charge in [-0.25, -0.2) is 0 Å². The highest BCUT2D eigenvalue weighted by Crippen LogP contribution is 2.21. The van der Waals surface area contributed by atoms with Crippen LogP contribution < -0.4 is 11.1 Å². The Hall–Kier alpha value is -1.11. The summed E-state index contributed by atoms with van der Waals surface area (Å²) in [5.74, 6) is -0.132. The highest BCUT2D eigenvalue weighted by atomic mass is 79.9. The van der Waals surface area contributed by atoms with Gasteiger partial charge in [0.2, 0.25) is 5.91 Å². The number of amides is 2. The standard InChI is InChI=1S/C16H22BrN3O2.ClH/c17-13-7-5-12(6-8-13)16(22)20-11-3-4-14(20)15(21)19-10-2-1-9-18;/h5-8,14H,1-4,9-11,18H2,(H,19,21);1H. The number of nitrogens with zero attached hydrogens (tertiary/aromatic N) is 1. The molecule has 0 saturated carbocycles. The summed E-state index contributed by atoms with van der Waals surface area (Å²) in [5.41, 5.74) is 6.05. The molecule has 1 saturated heterocycles. The highest BCUT2D eigenvalue weighted by Gasteiger charge is 2.34. The topological polar surface area (TPSA) is 75.4 Å². The number of unbranched alkanes of at least 4 members (excludes halogenated alkanes) is 1. The number of hydrogen-bond donors (Lipinski definition) is 2. The molecule has 1 aromatic carbocycles. The molecule has 5 nitrogen and oxygen atoms in total. The van der Waals surface area contributed by atoms with Gasteiger partial charge in [-0.2, -0.15) is 0 Å².